The van der Waals surface area contributed by atoms with E-state index in [1.54, 1.807) is 18.4 Å². The monoisotopic (exact) mass is 313 g/mol. The van der Waals surface area contributed by atoms with Crippen LogP contribution >= 0.6 is 27.3 Å². The second-order valence-electron chi connectivity index (χ2n) is 3.36. The molecular weight excluding hydrogens is 302 g/mol. The number of hydrazine groups is 1. The number of hydrogen-bond donors (Lipinski definition) is 2. The van der Waals surface area contributed by atoms with Crippen LogP contribution in [0.5, 0.6) is 5.75 Å². The fraction of sp³-hybridized carbons (Fsp3) is 0.182. The van der Waals surface area contributed by atoms with Crippen molar-refractivity contribution < 1.29 is 4.74 Å². The highest BCUT2D eigenvalue weighted by molar-refractivity contribution is 9.10. The van der Waals surface area contributed by atoms with Gasteiger partial charge in [-0.25, -0.2) is 4.98 Å². The predicted molar refractivity (Wildman–Crippen MR) is 72.8 cm³/mol. The number of ether oxygens (including phenoxy) is 1. The van der Waals surface area contributed by atoms with Crippen molar-refractivity contribution >= 4 is 27.3 Å². The Kier molecular flexibility index (Phi) is 4.11. The summed E-state index contributed by atoms with van der Waals surface area (Å²) in [6, 6.07) is 5.89. The van der Waals surface area contributed by atoms with E-state index in [4.69, 9.17) is 10.6 Å². The molecule has 0 aliphatic heterocycles. The summed E-state index contributed by atoms with van der Waals surface area (Å²) >= 11 is 5.05. The molecule has 6 heteroatoms. The van der Waals surface area contributed by atoms with Crippen molar-refractivity contribution in [3.8, 4) is 17.0 Å². The SMILES string of the molecule is COc1ccc(-c2csc(CNN)n2)cc1Br. The molecule has 0 aliphatic carbocycles. The number of thiazole rings is 1. The number of nitrogens with two attached hydrogens (primary N) is 1. The van der Waals surface area contributed by atoms with Gasteiger partial charge in [0.15, 0.2) is 0 Å². The van der Waals surface area contributed by atoms with Gasteiger partial charge < -0.3 is 4.74 Å². The largest absolute Gasteiger partial charge is 0.496 e. The van der Waals surface area contributed by atoms with Crippen molar-refractivity contribution in [2.75, 3.05) is 7.11 Å². The molecule has 2 rings (SSSR count). The van der Waals surface area contributed by atoms with Gasteiger partial charge >= 0.3 is 0 Å². The highest BCUT2D eigenvalue weighted by Crippen LogP contribution is 2.30. The van der Waals surface area contributed by atoms with Crippen LogP contribution < -0.4 is 16.0 Å². The lowest BCUT2D eigenvalue weighted by Gasteiger charge is -2.04. The minimum absolute atomic E-state index is 0.585. The average Bonchev–Trinajstić information content (AvgIpc) is 2.78. The molecule has 90 valence electrons. The van der Waals surface area contributed by atoms with E-state index >= 15 is 0 Å². The van der Waals surface area contributed by atoms with Gasteiger partial charge in [-0.05, 0) is 34.1 Å². The summed E-state index contributed by atoms with van der Waals surface area (Å²) in [7, 11) is 1.65. The summed E-state index contributed by atoms with van der Waals surface area (Å²) in [6.45, 7) is 0.585. The molecule has 0 bridgehead atoms. The first-order chi connectivity index (χ1) is 8.24. The molecule has 0 saturated carbocycles. The minimum Gasteiger partial charge on any atom is -0.496 e. The summed E-state index contributed by atoms with van der Waals surface area (Å²) < 4.78 is 6.11. The Morgan fingerprint density at radius 2 is 2.35 bits per heavy atom. The van der Waals surface area contributed by atoms with Crippen molar-refractivity contribution in [3.05, 3.63) is 33.1 Å². The number of aromatic nitrogens is 1. The third kappa shape index (κ3) is 2.84. The van der Waals surface area contributed by atoms with Gasteiger partial charge in [0, 0.05) is 10.9 Å². The van der Waals surface area contributed by atoms with Gasteiger partial charge in [0.1, 0.15) is 10.8 Å². The van der Waals surface area contributed by atoms with E-state index in [-0.39, 0.29) is 0 Å². The van der Waals surface area contributed by atoms with Crippen LogP contribution in [0.15, 0.2) is 28.1 Å². The van der Waals surface area contributed by atoms with E-state index in [2.05, 4.69) is 26.3 Å². The fourth-order valence-electron chi connectivity index (χ4n) is 1.44. The highest BCUT2D eigenvalue weighted by atomic mass is 79.9. The Hall–Kier alpha value is -0.950. The van der Waals surface area contributed by atoms with Gasteiger partial charge in [0.25, 0.3) is 0 Å². The average molecular weight is 314 g/mol. The van der Waals surface area contributed by atoms with Gasteiger partial charge in [0.2, 0.25) is 0 Å². The topological polar surface area (TPSA) is 60.2 Å². The third-order valence-corrected chi connectivity index (χ3v) is 3.72. The first-order valence-corrected chi connectivity index (χ1v) is 6.63. The van der Waals surface area contributed by atoms with Crippen molar-refractivity contribution in [1.29, 1.82) is 0 Å². The summed E-state index contributed by atoms with van der Waals surface area (Å²) in [5, 5.41) is 2.98. The van der Waals surface area contributed by atoms with Crippen LogP contribution in [-0.2, 0) is 6.54 Å². The molecule has 1 heterocycles. The molecule has 0 saturated heterocycles. The Balaban J connectivity index is 2.29. The lowest BCUT2D eigenvalue weighted by Crippen LogP contribution is -2.20. The van der Waals surface area contributed by atoms with Crippen molar-refractivity contribution in [1.82, 2.24) is 10.4 Å². The summed E-state index contributed by atoms with van der Waals surface area (Å²) in [4.78, 5) is 4.48. The second-order valence-corrected chi connectivity index (χ2v) is 5.15. The first-order valence-electron chi connectivity index (χ1n) is 4.96. The smallest absolute Gasteiger partial charge is 0.133 e. The second kappa shape index (κ2) is 5.59. The molecule has 17 heavy (non-hydrogen) atoms. The zero-order valence-electron chi connectivity index (χ0n) is 9.24. The molecule has 1 aromatic heterocycles. The third-order valence-electron chi connectivity index (χ3n) is 2.25. The lowest BCUT2D eigenvalue weighted by molar-refractivity contribution is 0.412. The summed E-state index contributed by atoms with van der Waals surface area (Å²) in [5.41, 5.74) is 4.60. The molecule has 0 aliphatic rings. The van der Waals surface area contributed by atoms with E-state index in [1.807, 2.05) is 23.6 Å². The van der Waals surface area contributed by atoms with Gasteiger partial charge in [-0.3, -0.25) is 11.3 Å². The van der Waals surface area contributed by atoms with E-state index in [0.717, 1.165) is 26.5 Å². The Labute approximate surface area is 112 Å². The van der Waals surface area contributed by atoms with Crippen LogP contribution in [0, 0.1) is 0 Å². The van der Waals surface area contributed by atoms with Crippen molar-refractivity contribution in [2.45, 2.75) is 6.54 Å². The molecule has 0 unspecified atom stereocenters. The van der Waals surface area contributed by atoms with E-state index in [0.29, 0.717) is 6.54 Å². The molecule has 0 radical (unpaired) electrons. The van der Waals surface area contributed by atoms with Gasteiger partial charge in [-0.15, -0.1) is 11.3 Å². The lowest BCUT2D eigenvalue weighted by atomic mass is 10.2. The first kappa shape index (κ1) is 12.5. The van der Waals surface area contributed by atoms with E-state index in [1.165, 1.54) is 0 Å². The Morgan fingerprint density at radius 1 is 1.53 bits per heavy atom. The van der Waals surface area contributed by atoms with Gasteiger partial charge in [0.05, 0.1) is 23.8 Å². The predicted octanol–water partition coefficient (Wildman–Crippen LogP) is 2.54. The van der Waals surface area contributed by atoms with E-state index in [9.17, 15) is 0 Å². The Morgan fingerprint density at radius 3 is 3.00 bits per heavy atom. The van der Waals surface area contributed by atoms with Crippen LogP contribution in [0.25, 0.3) is 11.3 Å². The number of hydrogen-bond acceptors (Lipinski definition) is 5. The standard InChI is InChI=1S/C11H12BrN3OS/c1-16-10-3-2-7(4-8(10)12)9-6-17-11(15-9)5-14-13/h2-4,6,14H,5,13H2,1H3. The van der Waals surface area contributed by atoms with Crippen LogP contribution in [0.4, 0.5) is 0 Å². The van der Waals surface area contributed by atoms with Crippen LogP contribution in [0.1, 0.15) is 5.01 Å². The minimum atomic E-state index is 0.585. The summed E-state index contributed by atoms with van der Waals surface area (Å²) in [6.07, 6.45) is 0. The summed E-state index contributed by atoms with van der Waals surface area (Å²) in [5.74, 6) is 6.08. The molecule has 2 aromatic rings. The molecule has 0 amide bonds. The van der Waals surface area contributed by atoms with E-state index < -0.39 is 0 Å². The maximum absolute atomic E-state index is 5.26. The molecular formula is C11H12BrN3OS. The Bertz CT molecular complexity index is 515. The highest BCUT2D eigenvalue weighted by Gasteiger charge is 2.07. The molecule has 1 aromatic carbocycles. The number of benzene rings is 1. The maximum atomic E-state index is 5.26. The number of methoxy groups -OCH3 is 1. The normalized spacial score (nSPS) is 10.5. The van der Waals surface area contributed by atoms with Crippen LogP contribution in [0.3, 0.4) is 0 Å². The quantitative estimate of drug-likeness (QED) is 0.672. The number of rotatable bonds is 4. The van der Waals surface area contributed by atoms with Gasteiger partial charge in [-0.2, -0.15) is 0 Å². The molecule has 0 spiro atoms. The zero-order chi connectivity index (χ0) is 12.3. The number of nitrogens with zero attached hydrogens (tertiary/aromatic N) is 1. The number of nitrogens with one attached hydrogen (secondary N) is 1. The van der Waals surface area contributed by atoms with Crippen molar-refractivity contribution in [2.24, 2.45) is 5.84 Å². The van der Waals surface area contributed by atoms with Crippen LogP contribution in [-0.4, -0.2) is 12.1 Å². The van der Waals surface area contributed by atoms with Crippen molar-refractivity contribution in [3.63, 3.8) is 0 Å². The molecule has 3 N–H and O–H groups in total. The number of halogens is 1. The molecule has 0 atom stereocenters. The maximum Gasteiger partial charge on any atom is 0.133 e. The van der Waals surface area contributed by atoms with Crippen LogP contribution in [0.2, 0.25) is 0 Å². The fourth-order valence-corrected chi connectivity index (χ4v) is 2.73. The molecule has 4 nitrogen and oxygen atoms in total. The molecule has 0 fully saturated rings. The zero-order valence-corrected chi connectivity index (χ0v) is 11.6. The van der Waals surface area contributed by atoms with Gasteiger partial charge in [-0.1, -0.05) is 0 Å².